The Labute approximate surface area is 244 Å². The summed E-state index contributed by atoms with van der Waals surface area (Å²) in [6, 6.07) is 39.8. The molecule has 0 saturated carbocycles. The van der Waals surface area contributed by atoms with Crippen molar-refractivity contribution in [1.82, 2.24) is 10.3 Å². The number of hydrogen-bond acceptors (Lipinski definition) is 6. The molecule has 0 radical (unpaired) electrons. The van der Waals surface area contributed by atoms with Gasteiger partial charge in [0.1, 0.15) is 22.8 Å². The zero-order valence-electron chi connectivity index (χ0n) is 22.3. The Morgan fingerprint density at radius 2 is 1.50 bits per heavy atom. The Balaban J connectivity index is 1.23. The molecular weight excluding hydrogens is 536 g/mol. The molecule has 0 bridgehead atoms. The van der Waals surface area contributed by atoms with Gasteiger partial charge in [-0.05, 0) is 35.9 Å². The highest BCUT2D eigenvalue weighted by Gasteiger charge is 2.24. The summed E-state index contributed by atoms with van der Waals surface area (Å²) in [6.45, 7) is 0. The number of aromatic nitrogens is 1. The van der Waals surface area contributed by atoms with Crippen LogP contribution in [0.5, 0.6) is 0 Å². The minimum Gasteiger partial charge on any atom is -0.456 e. The lowest BCUT2D eigenvalue weighted by Gasteiger charge is -2.22. The Kier molecular flexibility index (Phi) is 5.06. The molecule has 1 atom stereocenters. The van der Waals surface area contributed by atoms with Crippen molar-refractivity contribution < 1.29 is 4.42 Å². The fraction of sp³-hybridized carbons (Fsp3) is 0.0278. The fourth-order valence-electron chi connectivity index (χ4n) is 5.97. The highest BCUT2D eigenvalue weighted by atomic mass is 32.1. The summed E-state index contributed by atoms with van der Waals surface area (Å²) in [5.41, 5.74) is 5.58. The molecule has 1 N–H and O–H groups in total. The Morgan fingerprint density at radius 3 is 2.45 bits per heavy atom. The molecule has 0 saturated heterocycles. The molecule has 42 heavy (non-hydrogen) atoms. The van der Waals surface area contributed by atoms with E-state index in [-0.39, 0.29) is 6.17 Å². The van der Waals surface area contributed by atoms with Crippen molar-refractivity contribution in [1.29, 1.82) is 0 Å². The second kappa shape index (κ2) is 9.09. The second-order valence-corrected chi connectivity index (χ2v) is 11.6. The summed E-state index contributed by atoms with van der Waals surface area (Å²) < 4.78 is 8.86. The monoisotopic (exact) mass is 558 g/mol. The van der Waals surface area contributed by atoms with Crippen molar-refractivity contribution in [3.63, 3.8) is 0 Å². The maximum absolute atomic E-state index is 6.34. The maximum atomic E-state index is 6.34. The lowest BCUT2D eigenvalue weighted by atomic mass is 10.0. The number of thiophene rings is 1. The zero-order valence-corrected chi connectivity index (χ0v) is 23.1. The summed E-state index contributed by atoms with van der Waals surface area (Å²) in [6.07, 6.45) is 1.43. The van der Waals surface area contributed by atoms with Crippen LogP contribution in [0.2, 0.25) is 0 Å². The number of nitrogens with zero attached hydrogens (tertiary/aromatic N) is 3. The zero-order chi connectivity index (χ0) is 27.6. The van der Waals surface area contributed by atoms with Crippen molar-refractivity contribution in [2.24, 2.45) is 9.98 Å². The molecule has 1 unspecified atom stereocenters. The van der Waals surface area contributed by atoms with Crippen molar-refractivity contribution in [3.05, 3.63) is 138 Å². The van der Waals surface area contributed by atoms with E-state index in [4.69, 9.17) is 14.4 Å². The largest absolute Gasteiger partial charge is 0.456 e. The number of amidine groups is 2. The van der Waals surface area contributed by atoms with Gasteiger partial charge in [-0.3, -0.25) is 4.98 Å². The van der Waals surface area contributed by atoms with Crippen LogP contribution < -0.4 is 5.32 Å². The maximum Gasteiger partial charge on any atom is 0.169 e. The smallest absolute Gasteiger partial charge is 0.169 e. The molecule has 0 amide bonds. The average Bonchev–Trinajstić information content (AvgIpc) is 3.61. The average molecular weight is 559 g/mol. The summed E-state index contributed by atoms with van der Waals surface area (Å²) >= 11 is 1.81. The normalized spacial score (nSPS) is 15.4. The number of aliphatic imine (C=N–C) groups is 2. The summed E-state index contributed by atoms with van der Waals surface area (Å²) in [5, 5.41) is 9.30. The van der Waals surface area contributed by atoms with Gasteiger partial charge in [-0.15, -0.1) is 11.3 Å². The van der Waals surface area contributed by atoms with Crippen molar-refractivity contribution >= 4 is 76.0 Å². The highest BCUT2D eigenvalue weighted by molar-refractivity contribution is 7.25. The van der Waals surface area contributed by atoms with E-state index in [1.165, 1.54) is 20.2 Å². The fourth-order valence-corrected chi connectivity index (χ4v) is 7.12. The van der Waals surface area contributed by atoms with Crippen LogP contribution in [-0.4, -0.2) is 16.7 Å². The van der Waals surface area contributed by atoms with E-state index >= 15 is 0 Å². The Bertz CT molecular complexity index is 2400. The summed E-state index contributed by atoms with van der Waals surface area (Å²) in [7, 11) is 0. The molecule has 0 aliphatic carbocycles. The number of pyridine rings is 1. The van der Waals surface area contributed by atoms with Gasteiger partial charge in [0.25, 0.3) is 0 Å². The predicted octanol–water partition coefficient (Wildman–Crippen LogP) is 9.00. The molecule has 5 aromatic carbocycles. The number of fused-ring (bicyclic) bond motifs is 7. The predicted molar refractivity (Wildman–Crippen MR) is 174 cm³/mol. The van der Waals surface area contributed by atoms with Crippen molar-refractivity contribution in [2.45, 2.75) is 6.17 Å². The molecule has 198 valence electrons. The third kappa shape index (κ3) is 3.66. The molecule has 6 heteroatoms. The Hall–Kier alpha value is -5.33. The van der Waals surface area contributed by atoms with Crippen LogP contribution in [0, 0.1) is 0 Å². The molecule has 0 fully saturated rings. The van der Waals surface area contributed by atoms with Crippen LogP contribution in [-0.2, 0) is 0 Å². The number of furan rings is 1. The van der Waals surface area contributed by atoms with E-state index in [1.807, 2.05) is 60.0 Å². The van der Waals surface area contributed by atoms with Crippen LogP contribution >= 0.6 is 11.3 Å². The van der Waals surface area contributed by atoms with Gasteiger partial charge >= 0.3 is 0 Å². The van der Waals surface area contributed by atoms with Gasteiger partial charge in [0, 0.05) is 59.7 Å². The van der Waals surface area contributed by atoms with E-state index in [9.17, 15) is 0 Å². The second-order valence-electron chi connectivity index (χ2n) is 10.5. The lowest BCUT2D eigenvalue weighted by Crippen LogP contribution is -2.36. The summed E-state index contributed by atoms with van der Waals surface area (Å²) in [5.74, 6) is 1.57. The Morgan fingerprint density at radius 1 is 0.643 bits per heavy atom. The van der Waals surface area contributed by atoms with Crippen LogP contribution in [0.3, 0.4) is 0 Å². The third-order valence-electron chi connectivity index (χ3n) is 7.96. The van der Waals surface area contributed by atoms with Crippen LogP contribution in [0.1, 0.15) is 22.9 Å². The first-order chi connectivity index (χ1) is 20.8. The minimum absolute atomic E-state index is 0.381. The first-order valence-corrected chi connectivity index (χ1v) is 14.7. The van der Waals surface area contributed by atoms with Gasteiger partial charge in [0.2, 0.25) is 0 Å². The van der Waals surface area contributed by atoms with Crippen LogP contribution in [0.25, 0.3) is 53.0 Å². The lowest BCUT2D eigenvalue weighted by molar-refractivity contribution is 0.669. The molecule has 0 spiro atoms. The van der Waals surface area contributed by atoms with E-state index in [0.717, 1.165) is 61.2 Å². The molecule has 8 aromatic rings. The number of rotatable bonds is 3. The molecule has 5 nitrogen and oxygen atoms in total. The molecule has 1 aliphatic rings. The molecule has 4 heterocycles. The van der Waals surface area contributed by atoms with Crippen molar-refractivity contribution in [3.8, 4) is 0 Å². The highest BCUT2D eigenvalue weighted by Crippen LogP contribution is 2.37. The van der Waals surface area contributed by atoms with Gasteiger partial charge in [0.05, 0.1) is 5.52 Å². The number of hydrogen-bond donors (Lipinski definition) is 1. The van der Waals surface area contributed by atoms with E-state index in [0.29, 0.717) is 0 Å². The number of nitrogens with one attached hydrogen (secondary N) is 1. The molecule has 1 aliphatic heterocycles. The molecule has 9 rings (SSSR count). The first-order valence-electron chi connectivity index (χ1n) is 13.9. The third-order valence-corrected chi connectivity index (χ3v) is 9.10. The van der Waals surface area contributed by atoms with Crippen molar-refractivity contribution in [2.75, 3.05) is 0 Å². The van der Waals surface area contributed by atoms with Crippen LogP contribution in [0.4, 0.5) is 0 Å². The van der Waals surface area contributed by atoms with Gasteiger partial charge in [-0.2, -0.15) is 0 Å². The van der Waals surface area contributed by atoms with Gasteiger partial charge in [-0.25, -0.2) is 9.98 Å². The topological polar surface area (TPSA) is 62.8 Å². The summed E-state index contributed by atoms with van der Waals surface area (Å²) in [4.78, 5) is 14.8. The van der Waals surface area contributed by atoms with Gasteiger partial charge in [0.15, 0.2) is 6.17 Å². The van der Waals surface area contributed by atoms with E-state index < -0.39 is 0 Å². The van der Waals surface area contributed by atoms with Gasteiger partial charge < -0.3 is 9.73 Å². The SMILES string of the molecule is c1ccc(C2N=C(c3ccc4c(c3)sc3ccccc34)NC(c3cccc4oc5cc6ncccc6cc5c34)=N2)cc1. The van der Waals surface area contributed by atoms with Gasteiger partial charge in [-0.1, -0.05) is 78.9 Å². The quantitative estimate of drug-likeness (QED) is 0.235. The van der Waals surface area contributed by atoms with Crippen LogP contribution in [0.15, 0.2) is 136 Å². The van der Waals surface area contributed by atoms with E-state index in [2.05, 4.69) is 83.1 Å². The molecular formula is C36H22N4OS. The molecule has 3 aromatic heterocycles. The standard InChI is InChI=1S/C36H22N4OS/c1-2-8-21(9-3-1)34-38-35(23-15-16-25-24-11-4-5-14-31(24)42-32(25)19-23)40-36(39-34)26-12-6-13-29-33(26)27-18-22-10-7-17-37-28(22)20-30(27)41-29/h1-20,34H,(H,38,39,40). The first kappa shape index (κ1) is 23.4. The number of benzene rings is 5. The minimum atomic E-state index is -0.381. The van der Waals surface area contributed by atoms with E-state index in [1.54, 1.807) is 0 Å².